The summed E-state index contributed by atoms with van der Waals surface area (Å²) in [6.45, 7) is 1.39. The predicted octanol–water partition coefficient (Wildman–Crippen LogP) is 1.40. The molecule has 1 aromatic carbocycles. The lowest BCUT2D eigenvalue weighted by atomic mass is 10.2. The van der Waals surface area contributed by atoms with Gasteiger partial charge in [-0.05, 0) is 31.2 Å². The van der Waals surface area contributed by atoms with E-state index in [1.54, 1.807) is 12.1 Å². The number of hydrogen-bond donors (Lipinski definition) is 3. The fourth-order valence-electron chi connectivity index (χ4n) is 0.592. The van der Waals surface area contributed by atoms with Gasteiger partial charge in [-0.1, -0.05) is 11.6 Å². The number of aliphatic hydroxyl groups is 2. The minimum absolute atomic E-state index is 0.139. The van der Waals surface area contributed by atoms with Crippen LogP contribution in [0.25, 0.3) is 0 Å². The summed E-state index contributed by atoms with van der Waals surface area (Å²) >= 11 is 5.52. The van der Waals surface area contributed by atoms with Crippen LogP contribution in [-0.4, -0.2) is 34.0 Å². The van der Waals surface area contributed by atoms with Crippen LogP contribution in [0.2, 0.25) is 5.02 Å². The molecule has 0 aromatic heterocycles. The zero-order valence-electron chi connectivity index (χ0n) is 8.22. The summed E-state index contributed by atoms with van der Waals surface area (Å²) in [7, 11) is 0. The molecule has 0 amide bonds. The Bertz CT molecular complexity index is 295. The molecule has 0 saturated heterocycles. The Morgan fingerprint density at radius 2 is 1.80 bits per heavy atom. The third kappa shape index (κ3) is 6.90. The molecule has 0 heterocycles. The maximum atomic E-state index is 10.3. The Labute approximate surface area is 92.7 Å². The summed E-state index contributed by atoms with van der Waals surface area (Å²) in [5.74, 6) is -0.934. The van der Waals surface area contributed by atoms with Gasteiger partial charge in [-0.2, -0.15) is 0 Å². The van der Waals surface area contributed by atoms with Crippen molar-refractivity contribution in [3.05, 3.63) is 34.9 Å². The lowest BCUT2D eigenvalue weighted by Gasteiger charge is -1.91. The number of carboxylic acids is 1. The van der Waals surface area contributed by atoms with Crippen molar-refractivity contribution >= 4 is 17.6 Å². The van der Waals surface area contributed by atoms with Crippen molar-refractivity contribution < 1.29 is 20.1 Å². The first-order valence-electron chi connectivity index (χ1n) is 4.25. The molecule has 1 atom stereocenters. The smallest absolute Gasteiger partial charge is 0.335 e. The molecule has 0 aliphatic carbocycles. The zero-order chi connectivity index (χ0) is 11.8. The summed E-state index contributed by atoms with van der Waals surface area (Å²) in [5, 5.41) is 25.0. The Kier molecular flexibility index (Phi) is 6.70. The van der Waals surface area contributed by atoms with Crippen molar-refractivity contribution in [2.75, 3.05) is 6.61 Å². The second-order valence-electron chi connectivity index (χ2n) is 2.84. The van der Waals surface area contributed by atoms with Crippen LogP contribution in [-0.2, 0) is 0 Å². The second kappa shape index (κ2) is 7.23. The van der Waals surface area contributed by atoms with Gasteiger partial charge in [-0.15, -0.1) is 0 Å². The van der Waals surface area contributed by atoms with Crippen LogP contribution in [0.3, 0.4) is 0 Å². The Balaban J connectivity index is 0.000000336. The maximum absolute atomic E-state index is 10.3. The average Bonchev–Trinajstić information content (AvgIpc) is 2.19. The Morgan fingerprint density at radius 1 is 1.40 bits per heavy atom. The highest BCUT2D eigenvalue weighted by Crippen LogP contribution is 2.08. The molecule has 0 bridgehead atoms. The van der Waals surface area contributed by atoms with E-state index in [-0.39, 0.29) is 12.2 Å². The van der Waals surface area contributed by atoms with Crippen molar-refractivity contribution in [3.63, 3.8) is 0 Å². The largest absolute Gasteiger partial charge is 0.478 e. The van der Waals surface area contributed by atoms with Gasteiger partial charge in [-0.25, -0.2) is 4.79 Å². The van der Waals surface area contributed by atoms with Crippen molar-refractivity contribution in [3.8, 4) is 0 Å². The Morgan fingerprint density at radius 3 is 2.07 bits per heavy atom. The highest BCUT2D eigenvalue weighted by Gasteiger charge is 1.99. The first kappa shape index (κ1) is 13.9. The highest BCUT2D eigenvalue weighted by atomic mass is 35.5. The number of halogens is 1. The predicted molar refractivity (Wildman–Crippen MR) is 57.2 cm³/mol. The van der Waals surface area contributed by atoms with Gasteiger partial charge < -0.3 is 15.3 Å². The molecule has 5 heteroatoms. The number of aromatic carboxylic acids is 1. The quantitative estimate of drug-likeness (QED) is 0.720. The summed E-state index contributed by atoms with van der Waals surface area (Å²) in [6, 6.07) is 6.02. The normalized spacial score (nSPS) is 11.2. The molecule has 0 aliphatic rings. The molecule has 1 aromatic rings. The lowest BCUT2D eigenvalue weighted by Crippen LogP contribution is -2.03. The van der Waals surface area contributed by atoms with Crippen LogP contribution in [0.15, 0.2) is 24.3 Å². The van der Waals surface area contributed by atoms with Crippen molar-refractivity contribution in [1.29, 1.82) is 0 Å². The minimum atomic E-state index is -0.934. The molecule has 0 spiro atoms. The van der Waals surface area contributed by atoms with Gasteiger partial charge in [0.1, 0.15) is 0 Å². The van der Waals surface area contributed by atoms with Gasteiger partial charge >= 0.3 is 5.97 Å². The third-order valence-corrected chi connectivity index (χ3v) is 1.61. The highest BCUT2D eigenvalue weighted by molar-refractivity contribution is 6.30. The van der Waals surface area contributed by atoms with Gasteiger partial charge in [-0.3, -0.25) is 0 Å². The van der Waals surface area contributed by atoms with Gasteiger partial charge in [0, 0.05) is 5.02 Å². The van der Waals surface area contributed by atoms with Crippen LogP contribution >= 0.6 is 11.6 Å². The molecular weight excluding hydrogens is 220 g/mol. The van der Waals surface area contributed by atoms with Gasteiger partial charge in [0.25, 0.3) is 0 Å². The molecular formula is C10H13ClO4. The monoisotopic (exact) mass is 232 g/mol. The molecule has 1 unspecified atom stereocenters. The van der Waals surface area contributed by atoms with E-state index >= 15 is 0 Å². The van der Waals surface area contributed by atoms with E-state index < -0.39 is 12.1 Å². The fourth-order valence-corrected chi connectivity index (χ4v) is 0.718. The average molecular weight is 233 g/mol. The number of carboxylic acid groups (broad SMARTS) is 1. The molecule has 4 nitrogen and oxygen atoms in total. The number of benzene rings is 1. The van der Waals surface area contributed by atoms with E-state index in [2.05, 4.69) is 0 Å². The van der Waals surface area contributed by atoms with Gasteiger partial charge in [0.05, 0.1) is 18.3 Å². The molecule has 0 fully saturated rings. The van der Waals surface area contributed by atoms with Crippen LogP contribution in [0, 0.1) is 0 Å². The maximum Gasteiger partial charge on any atom is 0.335 e. The van der Waals surface area contributed by atoms with Crippen molar-refractivity contribution in [1.82, 2.24) is 0 Å². The van der Waals surface area contributed by atoms with E-state index in [9.17, 15) is 4.79 Å². The van der Waals surface area contributed by atoms with E-state index in [0.29, 0.717) is 5.02 Å². The van der Waals surface area contributed by atoms with Crippen LogP contribution in [0.1, 0.15) is 17.3 Å². The standard InChI is InChI=1S/C7H5ClO2.C3H8O2/c8-6-3-1-5(2-4-6)7(9)10;1-3(5)2-4/h1-4H,(H,9,10);3-5H,2H2,1H3. The van der Waals surface area contributed by atoms with Gasteiger partial charge in [0.2, 0.25) is 0 Å². The summed E-state index contributed by atoms with van der Waals surface area (Å²) in [6.07, 6.45) is -0.560. The summed E-state index contributed by atoms with van der Waals surface area (Å²) in [4.78, 5) is 10.3. The summed E-state index contributed by atoms with van der Waals surface area (Å²) < 4.78 is 0. The van der Waals surface area contributed by atoms with E-state index in [1.165, 1.54) is 19.1 Å². The zero-order valence-corrected chi connectivity index (χ0v) is 8.98. The third-order valence-electron chi connectivity index (χ3n) is 1.36. The number of rotatable bonds is 2. The first-order chi connectivity index (χ1) is 6.97. The molecule has 15 heavy (non-hydrogen) atoms. The molecule has 1 rings (SSSR count). The SMILES string of the molecule is CC(O)CO.O=C(O)c1ccc(Cl)cc1. The fraction of sp³-hybridized carbons (Fsp3) is 0.300. The van der Waals surface area contributed by atoms with Crippen LogP contribution in [0.4, 0.5) is 0 Å². The first-order valence-corrected chi connectivity index (χ1v) is 4.63. The minimum Gasteiger partial charge on any atom is -0.478 e. The summed E-state index contributed by atoms with van der Waals surface area (Å²) in [5.41, 5.74) is 0.254. The number of aliphatic hydroxyl groups excluding tert-OH is 2. The molecule has 0 saturated carbocycles. The molecule has 0 radical (unpaired) electrons. The van der Waals surface area contributed by atoms with E-state index in [1.807, 2.05) is 0 Å². The topological polar surface area (TPSA) is 77.8 Å². The lowest BCUT2D eigenvalue weighted by molar-refractivity contribution is 0.0697. The second-order valence-corrected chi connectivity index (χ2v) is 3.28. The van der Waals surface area contributed by atoms with Crippen LogP contribution < -0.4 is 0 Å². The number of carbonyl (C=O) groups is 1. The van der Waals surface area contributed by atoms with E-state index in [0.717, 1.165) is 0 Å². The molecule has 3 N–H and O–H groups in total. The molecule has 84 valence electrons. The van der Waals surface area contributed by atoms with E-state index in [4.69, 9.17) is 26.9 Å². The Hall–Kier alpha value is -1.10. The van der Waals surface area contributed by atoms with Gasteiger partial charge in [0.15, 0.2) is 0 Å². The van der Waals surface area contributed by atoms with Crippen molar-refractivity contribution in [2.24, 2.45) is 0 Å². The number of hydrogen-bond acceptors (Lipinski definition) is 3. The van der Waals surface area contributed by atoms with Crippen molar-refractivity contribution in [2.45, 2.75) is 13.0 Å². The van der Waals surface area contributed by atoms with Crippen LogP contribution in [0.5, 0.6) is 0 Å². The molecule has 0 aliphatic heterocycles.